The summed E-state index contributed by atoms with van der Waals surface area (Å²) in [7, 11) is 5.78. The number of likely N-dealkylation sites (N-methyl/N-ethyl adjacent to an activating group) is 1. The van der Waals surface area contributed by atoms with Crippen LogP contribution < -0.4 is 15.2 Å². The first kappa shape index (κ1) is 18.0. The van der Waals surface area contributed by atoms with Crippen LogP contribution in [0.4, 0.5) is 0 Å². The molecule has 1 fully saturated rings. The molecule has 1 aromatic carbocycles. The average Bonchev–Trinajstić information content (AvgIpc) is 2.57. The van der Waals surface area contributed by atoms with Crippen LogP contribution in [-0.4, -0.2) is 63.8 Å². The number of methoxy groups -OCH3 is 1. The number of nitrogens with two attached hydrogens (primary N) is 1. The topological polar surface area (TPSA) is 51.0 Å². The number of rotatable bonds is 8. The summed E-state index contributed by atoms with van der Waals surface area (Å²) in [6, 6.07) is 6.30. The standard InChI is InChI=1S/C18H31N3O2/c1-20(2)12-13-23-18-15(8-7-9-17(18)22-3)16(14-19)21-10-5-4-6-11-21/h7-9,16H,4-6,10-14,19H2,1-3H3. The Morgan fingerprint density at radius 3 is 2.57 bits per heavy atom. The maximum absolute atomic E-state index is 6.13. The van der Waals surface area contributed by atoms with Crippen molar-refractivity contribution in [1.29, 1.82) is 0 Å². The van der Waals surface area contributed by atoms with Gasteiger partial charge in [0.25, 0.3) is 0 Å². The number of benzene rings is 1. The minimum absolute atomic E-state index is 0.194. The van der Waals surface area contributed by atoms with Crippen molar-refractivity contribution in [2.24, 2.45) is 5.73 Å². The highest BCUT2D eigenvalue weighted by Crippen LogP contribution is 2.37. The van der Waals surface area contributed by atoms with Gasteiger partial charge in [0.2, 0.25) is 0 Å². The van der Waals surface area contributed by atoms with Gasteiger partial charge in [-0.3, -0.25) is 4.90 Å². The zero-order valence-electron chi connectivity index (χ0n) is 14.8. The van der Waals surface area contributed by atoms with E-state index in [1.165, 1.54) is 19.3 Å². The number of hydrogen-bond acceptors (Lipinski definition) is 5. The Balaban J connectivity index is 2.23. The van der Waals surface area contributed by atoms with Gasteiger partial charge in [0.1, 0.15) is 6.61 Å². The summed E-state index contributed by atoms with van der Waals surface area (Å²) in [6.07, 6.45) is 3.81. The predicted molar refractivity (Wildman–Crippen MR) is 94.3 cm³/mol. The highest BCUT2D eigenvalue weighted by molar-refractivity contribution is 5.48. The van der Waals surface area contributed by atoms with Crippen LogP contribution in [0.25, 0.3) is 0 Å². The molecular weight excluding hydrogens is 290 g/mol. The molecule has 1 atom stereocenters. The minimum Gasteiger partial charge on any atom is -0.493 e. The maximum atomic E-state index is 6.13. The Kier molecular flexibility index (Phi) is 7.15. The average molecular weight is 321 g/mol. The van der Waals surface area contributed by atoms with Crippen molar-refractivity contribution < 1.29 is 9.47 Å². The monoisotopic (exact) mass is 321 g/mol. The van der Waals surface area contributed by atoms with Crippen molar-refractivity contribution in [3.05, 3.63) is 23.8 Å². The third-order valence-corrected chi connectivity index (χ3v) is 4.43. The molecule has 130 valence electrons. The molecule has 5 heteroatoms. The van der Waals surface area contributed by atoms with Crippen LogP contribution in [0.2, 0.25) is 0 Å². The summed E-state index contributed by atoms with van der Waals surface area (Å²) >= 11 is 0. The Morgan fingerprint density at radius 1 is 1.22 bits per heavy atom. The fraction of sp³-hybridized carbons (Fsp3) is 0.667. The normalized spacial score (nSPS) is 17.3. The first-order valence-corrected chi connectivity index (χ1v) is 8.56. The fourth-order valence-electron chi connectivity index (χ4n) is 3.14. The SMILES string of the molecule is COc1cccc(C(CN)N2CCCCC2)c1OCCN(C)C. The molecule has 1 unspecified atom stereocenters. The number of hydrogen-bond donors (Lipinski definition) is 1. The van der Waals surface area contributed by atoms with Gasteiger partial charge in [-0.05, 0) is 46.1 Å². The summed E-state index contributed by atoms with van der Waals surface area (Å²) < 4.78 is 11.6. The van der Waals surface area contributed by atoms with Gasteiger partial charge < -0.3 is 20.1 Å². The third-order valence-electron chi connectivity index (χ3n) is 4.43. The van der Waals surface area contributed by atoms with Crippen LogP contribution in [0.5, 0.6) is 11.5 Å². The van der Waals surface area contributed by atoms with E-state index in [0.29, 0.717) is 13.2 Å². The van der Waals surface area contributed by atoms with Crippen molar-refractivity contribution >= 4 is 0 Å². The second kappa shape index (κ2) is 9.11. The molecule has 1 aliphatic heterocycles. The van der Waals surface area contributed by atoms with E-state index in [9.17, 15) is 0 Å². The molecule has 1 aromatic rings. The lowest BCUT2D eigenvalue weighted by atomic mass is 10.0. The van der Waals surface area contributed by atoms with Gasteiger partial charge in [-0.2, -0.15) is 0 Å². The van der Waals surface area contributed by atoms with E-state index in [4.69, 9.17) is 15.2 Å². The van der Waals surface area contributed by atoms with Gasteiger partial charge in [-0.1, -0.05) is 18.6 Å². The Bertz CT molecular complexity index is 473. The third kappa shape index (κ3) is 4.83. The number of piperidine rings is 1. The molecule has 1 heterocycles. The molecule has 0 bridgehead atoms. The van der Waals surface area contributed by atoms with Crippen LogP contribution in [0, 0.1) is 0 Å². The molecule has 23 heavy (non-hydrogen) atoms. The molecule has 1 saturated heterocycles. The van der Waals surface area contributed by atoms with Gasteiger partial charge in [0.05, 0.1) is 13.2 Å². The van der Waals surface area contributed by atoms with E-state index in [-0.39, 0.29) is 6.04 Å². The second-order valence-corrected chi connectivity index (χ2v) is 6.38. The van der Waals surface area contributed by atoms with Gasteiger partial charge in [0.15, 0.2) is 11.5 Å². The molecule has 0 spiro atoms. The van der Waals surface area contributed by atoms with E-state index in [2.05, 4.69) is 15.9 Å². The number of likely N-dealkylation sites (tertiary alicyclic amines) is 1. The van der Waals surface area contributed by atoms with Gasteiger partial charge in [-0.15, -0.1) is 0 Å². The van der Waals surface area contributed by atoms with Crippen LogP contribution in [0.3, 0.4) is 0 Å². The quantitative estimate of drug-likeness (QED) is 0.795. The summed E-state index contributed by atoms with van der Waals surface area (Å²) in [6.45, 7) is 4.32. The summed E-state index contributed by atoms with van der Waals surface area (Å²) in [5.41, 5.74) is 7.27. The zero-order valence-corrected chi connectivity index (χ0v) is 14.8. The predicted octanol–water partition coefficient (Wildman–Crippen LogP) is 2.12. The fourth-order valence-corrected chi connectivity index (χ4v) is 3.14. The van der Waals surface area contributed by atoms with Crippen molar-refractivity contribution in [2.75, 3.05) is 54.0 Å². The minimum atomic E-state index is 0.194. The summed E-state index contributed by atoms with van der Waals surface area (Å²) in [5, 5.41) is 0. The Morgan fingerprint density at radius 2 is 1.96 bits per heavy atom. The van der Waals surface area contributed by atoms with Crippen LogP contribution in [0.1, 0.15) is 30.9 Å². The Labute approximate surface area is 140 Å². The van der Waals surface area contributed by atoms with E-state index in [1.807, 2.05) is 26.2 Å². The van der Waals surface area contributed by atoms with E-state index in [0.717, 1.165) is 36.7 Å². The van der Waals surface area contributed by atoms with Crippen molar-refractivity contribution in [1.82, 2.24) is 9.80 Å². The highest BCUT2D eigenvalue weighted by atomic mass is 16.5. The lowest BCUT2D eigenvalue weighted by molar-refractivity contribution is 0.161. The largest absolute Gasteiger partial charge is 0.493 e. The molecule has 5 nitrogen and oxygen atoms in total. The lowest BCUT2D eigenvalue weighted by Crippen LogP contribution is -2.37. The van der Waals surface area contributed by atoms with Crippen molar-refractivity contribution in [3.63, 3.8) is 0 Å². The second-order valence-electron chi connectivity index (χ2n) is 6.38. The van der Waals surface area contributed by atoms with Gasteiger partial charge >= 0.3 is 0 Å². The lowest BCUT2D eigenvalue weighted by Gasteiger charge is -2.35. The summed E-state index contributed by atoms with van der Waals surface area (Å²) in [5.74, 6) is 1.63. The van der Waals surface area contributed by atoms with Crippen LogP contribution in [0.15, 0.2) is 18.2 Å². The molecule has 0 radical (unpaired) electrons. The van der Waals surface area contributed by atoms with E-state index >= 15 is 0 Å². The molecule has 0 aromatic heterocycles. The maximum Gasteiger partial charge on any atom is 0.166 e. The summed E-state index contributed by atoms with van der Waals surface area (Å²) in [4.78, 5) is 4.59. The van der Waals surface area contributed by atoms with Crippen molar-refractivity contribution in [3.8, 4) is 11.5 Å². The van der Waals surface area contributed by atoms with Gasteiger partial charge in [0, 0.05) is 18.7 Å². The van der Waals surface area contributed by atoms with E-state index < -0.39 is 0 Å². The molecule has 2 rings (SSSR count). The number of ether oxygens (including phenoxy) is 2. The highest BCUT2D eigenvalue weighted by Gasteiger charge is 2.25. The number of nitrogens with zero attached hydrogens (tertiary/aromatic N) is 2. The van der Waals surface area contributed by atoms with Crippen LogP contribution in [-0.2, 0) is 0 Å². The Hall–Kier alpha value is -1.30. The molecular formula is C18H31N3O2. The zero-order chi connectivity index (χ0) is 16.7. The first-order chi connectivity index (χ1) is 11.2. The molecule has 0 aliphatic carbocycles. The smallest absolute Gasteiger partial charge is 0.166 e. The van der Waals surface area contributed by atoms with Crippen LogP contribution >= 0.6 is 0 Å². The molecule has 2 N–H and O–H groups in total. The van der Waals surface area contributed by atoms with E-state index in [1.54, 1.807) is 7.11 Å². The van der Waals surface area contributed by atoms with Gasteiger partial charge in [-0.25, -0.2) is 0 Å². The first-order valence-electron chi connectivity index (χ1n) is 8.56. The van der Waals surface area contributed by atoms with Crippen molar-refractivity contribution in [2.45, 2.75) is 25.3 Å². The molecule has 0 amide bonds. The number of para-hydroxylation sites is 1. The molecule has 0 saturated carbocycles. The molecule has 1 aliphatic rings.